The number of hydrogen-bond acceptors (Lipinski definition) is 4. The fraction of sp³-hybridized carbons (Fsp3) is 0.136. The first-order chi connectivity index (χ1) is 13.5. The van der Waals surface area contributed by atoms with Gasteiger partial charge in [0, 0.05) is 18.3 Å². The zero-order valence-corrected chi connectivity index (χ0v) is 15.4. The molecule has 0 fully saturated rings. The number of rotatable bonds is 6. The van der Waals surface area contributed by atoms with Crippen molar-refractivity contribution < 1.29 is 19.1 Å². The van der Waals surface area contributed by atoms with Crippen LogP contribution in [0.1, 0.15) is 12.5 Å². The number of anilines is 2. The number of carbonyl (C=O) groups is 3. The highest BCUT2D eigenvalue weighted by molar-refractivity contribution is 5.95. The van der Waals surface area contributed by atoms with E-state index in [4.69, 9.17) is 4.74 Å². The van der Waals surface area contributed by atoms with Gasteiger partial charge >= 0.3 is 5.97 Å². The van der Waals surface area contributed by atoms with Crippen LogP contribution in [0, 0.1) is 0 Å². The van der Waals surface area contributed by atoms with E-state index in [1.54, 1.807) is 24.3 Å². The molecule has 142 valence electrons. The van der Waals surface area contributed by atoms with Gasteiger partial charge in [-0.2, -0.15) is 0 Å². The van der Waals surface area contributed by atoms with E-state index >= 15 is 0 Å². The lowest BCUT2D eigenvalue weighted by Crippen LogP contribution is -2.21. The van der Waals surface area contributed by atoms with Gasteiger partial charge in [-0.3, -0.25) is 14.4 Å². The van der Waals surface area contributed by atoms with E-state index in [0.717, 1.165) is 16.3 Å². The number of hydrogen-bond donors (Lipinski definition) is 2. The van der Waals surface area contributed by atoms with Gasteiger partial charge in [-0.1, -0.05) is 48.5 Å². The molecule has 0 bridgehead atoms. The van der Waals surface area contributed by atoms with E-state index < -0.39 is 11.9 Å². The largest absolute Gasteiger partial charge is 0.455 e. The number of ether oxygens (including phenoxy) is 1. The SMILES string of the molecule is CC(=O)Nc1cccc(NC(=O)COC(=O)Cc2cccc3ccccc23)c1. The van der Waals surface area contributed by atoms with Crippen molar-refractivity contribution >= 4 is 39.9 Å². The van der Waals surface area contributed by atoms with Crippen LogP contribution in [-0.4, -0.2) is 24.4 Å². The van der Waals surface area contributed by atoms with Crippen molar-refractivity contribution in [3.63, 3.8) is 0 Å². The Morgan fingerprint density at radius 1 is 0.857 bits per heavy atom. The zero-order chi connectivity index (χ0) is 19.9. The molecule has 0 saturated heterocycles. The topological polar surface area (TPSA) is 84.5 Å². The second-order valence-electron chi connectivity index (χ2n) is 6.29. The Morgan fingerprint density at radius 3 is 2.32 bits per heavy atom. The molecular weight excluding hydrogens is 356 g/mol. The molecule has 0 radical (unpaired) electrons. The van der Waals surface area contributed by atoms with Crippen molar-refractivity contribution in [3.8, 4) is 0 Å². The highest BCUT2D eigenvalue weighted by Crippen LogP contribution is 2.19. The van der Waals surface area contributed by atoms with Crippen LogP contribution in [0.3, 0.4) is 0 Å². The minimum absolute atomic E-state index is 0.0899. The van der Waals surface area contributed by atoms with Crippen LogP contribution >= 0.6 is 0 Å². The van der Waals surface area contributed by atoms with Crippen molar-refractivity contribution in [2.75, 3.05) is 17.2 Å². The van der Waals surface area contributed by atoms with Gasteiger partial charge < -0.3 is 15.4 Å². The summed E-state index contributed by atoms with van der Waals surface area (Å²) in [5.41, 5.74) is 1.92. The monoisotopic (exact) mass is 376 g/mol. The number of amides is 2. The van der Waals surface area contributed by atoms with Gasteiger partial charge in [-0.25, -0.2) is 0 Å². The van der Waals surface area contributed by atoms with Crippen molar-refractivity contribution in [2.24, 2.45) is 0 Å². The summed E-state index contributed by atoms with van der Waals surface area (Å²) in [6.07, 6.45) is 0.0899. The number of carbonyl (C=O) groups excluding carboxylic acids is 3. The highest BCUT2D eigenvalue weighted by atomic mass is 16.5. The maximum absolute atomic E-state index is 12.1. The maximum Gasteiger partial charge on any atom is 0.310 e. The number of nitrogens with one attached hydrogen (secondary N) is 2. The van der Waals surface area contributed by atoms with E-state index in [0.29, 0.717) is 11.4 Å². The standard InChI is InChI=1S/C22H20N2O4/c1-15(25)23-18-9-5-10-19(13-18)24-21(26)14-28-22(27)12-17-8-4-7-16-6-2-3-11-20(16)17/h2-11,13H,12,14H2,1H3,(H,23,25)(H,24,26). The van der Waals surface area contributed by atoms with Crippen LogP contribution in [-0.2, 0) is 25.5 Å². The molecule has 0 aliphatic carbocycles. The molecule has 6 nitrogen and oxygen atoms in total. The number of fused-ring (bicyclic) bond motifs is 1. The summed E-state index contributed by atoms with van der Waals surface area (Å²) in [6.45, 7) is 1.02. The minimum atomic E-state index is -0.474. The molecule has 3 aromatic rings. The second kappa shape index (κ2) is 8.81. The molecule has 2 N–H and O–H groups in total. The zero-order valence-electron chi connectivity index (χ0n) is 15.4. The fourth-order valence-electron chi connectivity index (χ4n) is 2.87. The van der Waals surface area contributed by atoms with E-state index in [1.165, 1.54) is 6.92 Å². The molecule has 0 aliphatic heterocycles. The lowest BCUT2D eigenvalue weighted by molar-refractivity contribution is -0.146. The first kappa shape index (κ1) is 19.1. The van der Waals surface area contributed by atoms with Gasteiger partial charge in [0.15, 0.2) is 6.61 Å². The quantitative estimate of drug-likeness (QED) is 0.645. The predicted molar refractivity (Wildman–Crippen MR) is 108 cm³/mol. The summed E-state index contributed by atoms with van der Waals surface area (Å²) < 4.78 is 5.10. The first-order valence-corrected chi connectivity index (χ1v) is 8.81. The molecule has 3 aromatic carbocycles. The van der Waals surface area contributed by atoms with Crippen molar-refractivity contribution in [3.05, 3.63) is 72.3 Å². The fourth-order valence-corrected chi connectivity index (χ4v) is 2.87. The number of benzene rings is 3. The second-order valence-corrected chi connectivity index (χ2v) is 6.29. The summed E-state index contributed by atoms with van der Waals surface area (Å²) in [6, 6.07) is 20.2. The molecule has 0 aliphatic rings. The Balaban J connectivity index is 1.54. The first-order valence-electron chi connectivity index (χ1n) is 8.81. The van der Waals surface area contributed by atoms with Crippen LogP contribution in [0.5, 0.6) is 0 Å². The normalized spacial score (nSPS) is 10.3. The van der Waals surface area contributed by atoms with Crippen LogP contribution in [0.2, 0.25) is 0 Å². The predicted octanol–water partition coefficient (Wildman–Crippen LogP) is 3.52. The Morgan fingerprint density at radius 2 is 1.54 bits per heavy atom. The smallest absolute Gasteiger partial charge is 0.310 e. The van der Waals surface area contributed by atoms with Crippen molar-refractivity contribution in [1.29, 1.82) is 0 Å². The molecule has 2 amide bonds. The highest BCUT2D eigenvalue weighted by Gasteiger charge is 2.11. The lowest BCUT2D eigenvalue weighted by atomic mass is 10.0. The average molecular weight is 376 g/mol. The summed E-state index contributed by atoms with van der Waals surface area (Å²) in [5.74, 6) is -1.13. The van der Waals surface area contributed by atoms with Gasteiger partial charge in [0.1, 0.15) is 0 Å². The van der Waals surface area contributed by atoms with E-state index in [1.807, 2.05) is 42.5 Å². The Bertz CT molecular complexity index is 1020. The molecule has 0 unspecified atom stereocenters. The Hall–Kier alpha value is -3.67. The van der Waals surface area contributed by atoms with Crippen molar-refractivity contribution in [2.45, 2.75) is 13.3 Å². The minimum Gasteiger partial charge on any atom is -0.455 e. The maximum atomic E-state index is 12.1. The van der Waals surface area contributed by atoms with Gasteiger partial charge in [0.05, 0.1) is 6.42 Å². The molecule has 3 rings (SSSR count). The van der Waals surface area contributed by atoms with Crippen molar-refractivity contribution in [1.82, 2.24) is 0 Å². The van der Waals surface area contributed by atoms with Crippen LogP contribution < -0.4 is 10.6 Å². The van der Waals surface area contributed by atoms with Crippen LogP contribution in [0.25, 0.3) is 10.8 Å². The Kier molecular flexibility index (Phi) is 6.01. The van der Waals surface area contributed by atoms with Crippen LogP contribution in [0.15, 0.2) is 66.7 Å². The molecule has 0 spiro atoms. The van der Waals surface area contributed by atoms with Gasteiger partial charge in [-0.15, -0.1) is 0 Å². The molecule has 0 aromatic heterocycles. The molecule has 6 heteroatoms. The summed E-state index contributed by atoms with van der Waals surface area (Å²) in [5, 5.41) is 7.31. The third kappa shape index (κ3) is 5.17. The third-order valence-corrected chi connectivity index (χ3v) is 4.05. The summed E-state index contributed by atoms with van der Waals surface area (Å²) >= 11 is 0. The average Bonchev–Trinajstić information content (AvgIpc) is 2.66. The van der Waals surface area contributed by atoms with Crippen LogP contribution in [0.4, 0.5) is 11.4 Å². The van der Waals surface area contributed by atoms with Gasteiger partial charge in [-0.05, 0) is 34.5 Å². The van der Waals surface area contributed by atoms with E-state index in [2.05, 4.69) is 10.6 Å². The van der Waals surface area contributed by atoms with Gasteiger partial charge in [0.25, 0.3) is 5.91 Å². The molecule has 0 heterocycles. The third-order valence-electron chi connectivity index (χ3n) is 4.05. The molecule has 0 saturated carbocycles. The lowest BCUT2D eigenvalue weighted by Gasteiger charge is -2.09. The molecule has 0 atom stereocenters. The molecule has 28 heavy (non-hydrogen) atoms. The summed E-state index contributed by atoms with van der Waals surface area (Å²) in [7, 11) is 0. The van der Waals surface area contributed by atoms with E-state index in [9.17, 15) is 14.4 Å². The van der Waals surface area contributed by atoms with E-state index in [-0.39, 0.29) is 18.9 Å². The Labute approximate surface area is 162 Å². The van der Waals surface area contributed by atoms with Gasteiger partial charge in [0.2, 0.25) is 5.91 Å². The summed E-state index contributed by atoms with van der Waals surface area (Å²) in [4.78, 5) is 35.3. The number of esters is 1. The molecular formula is C22H20N2O4.